The molecule has 1 unspecified atom stereocenters. The van der Waals surface area contributed by atoms with E-state index in [4.69, 9.17) is 9.47 Å². The Morgan fingerprint density at radius 1 is 0.944 bits per heavy atom. The van der Waals surface area contributed by atoms with E-state index in [-0.39, 0.29) is 18.0 Å². The monoisotopic (exact) mass is 487 g/mol. The molecule has 188 valence electrons. The average molecular weight is 488 g/mol. The van der Waals surface area contributed by atoms with Crippen LogP contribution in [-0.2, 0) is 17.6 Å². The molecule has 2 aliphatic rings. The summed E-state index contributed by atoms with van der Waals surface area (Å²) < 4.78 is 12.0. The second-order valence-corrected chi connectivity index (χ2v) is 10.7. The summed E-state index contributed by atoms with van der Waals surface area (Å²) in [4.78, 5) is 28.2. The largest absolute Gasteiger partial charge is 0.497 e. The number of carbonyl (C=O) groups is 2. The third-order valence-electron chi connectivity index (χ3n) is 6.75. The predicted octanol–water partition coefficient (Wildman–Crippen LogP) is 5.50. The molecule has 2 aliphatic carbocycles. The van der Waals surface area contributed by atoms with Gasteiger partial charge in [-0.2, -0.15) is 9.78 Å². The molecule has 1 saturated carbocycles. The number of benzene rings is 2. The topological polar surface area (TPSA) is 73.7 Å². The van der Waals surface area contributed by atoms with E-state index in [0.717, 1.165) is 53.8 Å². The molecule has 0 radical (unpaired) electrons. The highest BCUT2D eigenvalue weighted by molar-refractivity contribution is 5.95. The average Bonchev–Trinajstić information content (AvgIpc) is 3.60. The Balaban J connectivity index is 1.31. The van der Waals surface area contributed by atoms with Crippen LogP contribution in [0.3, 0.4) is 0 Å². The van der Waals surface area contributed by atoms with Crippen molar-refractivity contribution in [3.63, 3.8) is 0 Å². The van der Waals surface area contributed by atoms with Gasteiger partial charge in [-0.05, 0) is 93.8 Å². The second-order valence-electron chi connectivity index (χ2n) is 10.7. The van der Waals surface area contributed by atoms with E-state index in [1.807, 2.05) is 69.3 Å². The van der Waals surface area contributed by atoms with Crippen molar-refractivity contribution in [2.75, 3.05) is 7.11 Å². The van der Waals surface area contributed by atoms with Gasteiger partial charge in [0.25, 0.3) is 5.91 Å². The Hall–Kier alpha value is -3.61. The number of ether oxygens (including phenoxy) is 2. The van der Waals surface area contributed by atoms with Gasteiger partial charge in [-0.25, -0.2) is 4.79 Å². The van der Waals surface area contributed by atoms with Crippen molar-refractivity contribution in [1.82, 2.24) is 14.7 Å². The molecule has 1 amide bonds. The summed E-state index contributed by atoms with van der Waals surface area (Å²) >= 11 is 0. The Bertz CT molecular complexity index is 1250. The Morgan fingerprint density at radius 3 is 2.17 bits per heavy atom. The van der Waals surface area contributed by atoms with Crippen molar-refractivity contribution in [2.45, 2.75) is 70.6 Å². The molecule has 0 saturated heterocycles. The Kier molecular flexibility index (Phi) is 6.33. The first-order valence-corrected chi connectivity index (χ1v) is 12.6. The van der Waals surface area contributed by atoms with E-state index in [2.05, 4.69) is 10.00 Å². The van der Waals surface area contributed by atoms with E-state index in [9.17, 15) is 9.59 Å². The van der Waals surface area contributed by atoms with Gasteiger partial charge >= 0.3 is 6.09 Å². The van der Waals surface area contributed by atoms with Crippen molar-refractivity contribution in [2.24, 2.45) is 0 Å². The van der Waals surface area contributed by atoms with E-state index in [0.29, 0.717) is 12.0 Å². The molecule has 1 fully saturated rings. The van der Waals surface area contributed by atoms with Gasteiger partial charge in [0, 0.05) is 23.8 Å². The lowest BCUT2D eigenvalue weighted by molar-refractivity contribution is 0.0513. The summed E-state index contributed by atoms with van der Waals surface area (Å²) in [6.07, 6.45) is 5.65. The second kappa shape index (κ2) is 9.45. The van der Waals surface area contributed by atoms with Gasteiger partial charge in [0.2, 0.25) is 0 Å². The molecular formula is C29H33N3O4. The number of carbonyl (C=O) groups excluding carboxylic acids is 2. The zero-order valence-corrected chi connectivity index (χ0v) is 21.4. The van der Waals surface area contributed by atoms with Crippen molar-refractivity contribution in [3.05, 3.63) is 71.5 Å². The van der Waals surface area contributed by atoms with Gasteiger partial charge in [-0.1, -0.05) is 24.3 Å². The summed E-state index contributed by atoms with van der Waals surface area (Å²) in [7, 11) is 1.65. The van der Waals surface area contributed by atoms with Crippen LogP contribution in [0.4, 0.5) is 4.79 Å². The summed E-state index contributed by atoms with van der Waals surface area (Å²) in [6.45, 7) is 5.52. The Labute approximate surface area is 212 Å². The maximum Gasteiger partial charge on any atom is 0.435 e. The maximum absolute atomic E-state index is 13.7. The number of methoxy groups -OCH3 is 1. The molecule has 0 aliphatic heterocycles. The van der Waals surface area contributed by atoms with E-state index >= 15 is 0 Å². The lowest BCUT2D eigenvalue weighted by atomic mass is 9.91. The van der Waals surface area contributed by atoms with Crippen LogP contribution >= 0.6 is 0 Å². The number of hydrogen-bond acceptors (Lipinski definition) is 5. The maximum atomic E-state index is 13.7. The summed E-state index contributed by atoms with van der Waals surface area (Å²) in [5.74, 6) is 0.893. The molecule has 2 aromatic carbocycles. The van der Waals surface area contributed by atoms with Crippen LogP contribution in [0.1, 0.15) is 61.6 Å². The quantitative estimate of drug-likeness (QED) is 0.475. The molecule has 5 rings (SSSR count). The van der Waals surface area contributed by atoms with Crippen LogP contribution in [0.5, 0.6) is 5.75 Å². The minimum Gasteiger partial charge on any atom is -0.497 e. The van der Waals surface area contributed by atoms with E-state index < -0.39 is 11.7 Å². The van der Waals surface area contributed by atoms with Crippen molar-refractivity contribution in [3.8, 4) is 16.9 Å². The lowest BCUT2D eigenvalue weighted by Crippen LogP contribution is -2.44. The molecule has 1 aromatic heterocycles. The first kappa shape index (κ1) is 24.1. The van der Waals surface area contributed by atoms with E-state index in [1.165, 1.54) is 4.68 Å². The summed E-state index contributed by atoms with van der Waals surface area (Å²) in [5.41, 5.74) is 4.20. The van der Waals surface area contributed by atoms with Crippen LogP contribution < -0.4 is 4.74 Å². The molecule has 0 bridgehead atoms. The smallest absolute Gasteiger partial charge is 0.435 e. The zero-order valence-electron chi connectivity index (χ0n) is 21.4. The van der Waals surface area contributed by atoms with Crippen LogP contribution in [0.2, 0.25) is 0 Å². The third kappa shape index (κ3) is 5.15. The number of hydrogen-bond donors (Lipinski definition) is 0. The zero-order chi connectivity index (χ0) is 25.4. The van der Waals surface area contributed by atoms with Crippen molar-refractivity contribution >= 4 is 12.0 Å². The SMILES string of the molecule is COc1ccc(-c2ccc(C(=O)N(C3CC3)C3CCc4nn(C(=O)OC(C)(C)C)cc4C3)cc2)cc1. The predicted molar refractivity (Wildman–Crippen MR) is 137 cm³/mol. The number of rotatable bonds is 5. The molecule has 1 heterocycles. The third-order valence-corrected chi connectivity index (χ3v) is 6.75. The van der Waals surface area contributed by atoms with Crippen molar-refractivity contribution < 1.29 is 19.1 Å². The standard InChI is InChI=1S/C29H33N3O4/c1-29(2,3)36-28(34)31-18-22-17-24(13-16-26(22)30-31)32(23-11-12-23)27(33)21-7-5-19(6-8-21)20-9-14-25(35-4)15-10-20/h5-10,14-15,18,23-24H,11-13,16-17H2,1-4H3. The molecular weight excluding hydrogens is 454 g/mol. The highest BCUT2D eigenvalue weighted by Gasteiger charge is 2.39. The Morgan fingerprint density at radius 2 is 1.58 bits per heavy atom. The lowest BCUT2D eigenvalue weighted by Gasteiger charge is -2.34. The van der Waals surface area contributed by atoms with E-state index in [1.54, 1.807) is 13.3 Å². The van der Waals surface area contributed by atoms with Gasteiger partial charge in [0.1, 0.15) is 11.4 Å². The summed E-state index contributed by atoms with van der Waals surface area (Å²) in [6, 6.07) is 16.1. The van der Waals surface area contributed by atoms with Crippen molar-refractivity contribution in [1.29, 1.82) is 0 Å². The molecule has 0 spiro atoms. The number of aryl methyl sites for hydroxylation is 1. The fourth-order valence-corrected chi connectivity index (χ4v) is 4.85. The van der Waals surface area contributed by atoms with Crippen LogP contribution in [0.15, 0.2) is 54.7 Å². The van der Waals surface area contributed by atoms with Gasteiger partial charge in [0.05, 0.1) is 12.8 Å². The van der Waals surface area contributed by atoms with Crippen LogP contribution in [0, 0.1) is 0 Å². The number of nitrogens with zero attached hydrogens (tertiary/aromatic N) is 3. The fourth-order valence-electron chi connectivity index (χ4n) is 4.85. The van der Waals surface area contributed by atoms with Gasteiger partial charge in [0.15, 0.2) is 0 Å². The first-order chi connectivity index (χ1) is 17.2. The normalized spacial score (nSPS) is 17.3. The fraction of sp³-hybridized carbons (Fsp3) is 0.414. The minimum atomic E-state index is -0.579. The minimum absolute atomic E-state index is 0.0757. The first-order valence-electron chi connectivity index (χ1n) is 12.6. The highest BCUT2D eigenvalue weighted by atomic mass is 16.6. The number of aromatic nitrogens is 2. The molecule has 0 N–H and O–H groups in total. The van der Waals surface area contributed by atoms with Gasteiger partial charge in [-0.3, -0.25) is 4.79 Å². The highest BCUT2D eigenvalue weighted by Crippen LogP contribution is 2.35. The molecule has 1 atom stereocenters. The molecule has 36 heavy (non-hydrogen) atoms. The van der Waals surface area contributed by atoms with Gasteiger partial charge in [-0.15, -0.1) is 0 Å². The molecule has 7 nitrogen and oxygen atoms in total. The summed E-state index contributed by atoms with van der Waals surface area (Å²) in [5, 5.41) is 4.47. The molecule has 3 aromatic rings. The van der Waals surface area contributed by atoms with Gasteiger partial charge < -0.3 is 14.4 Å². The number of fused-ring (bicyclic) bond motifs is 1. The number of amides is 1. The van der Waals surface area contributed by atoms with Crippen LogP contribution in [0.25, 0.3) is 11.1 Å². The van der Waals surface area contributed by atoms with Crippen LogP contribution in [-0.4, -0.2) is 51.5 Å². The molecule has 7 heteroatoms.